The van der Waals surface area contributed by atoms with Crippen molar-refractivity contribution in [3.63, 3.8) is 0 Å². The Hall–Kier alpha value is -2.63. The first-order chi connectivity index (χ1) is 16.3. The molecule has 11 heteroatoms. The van der Waals surface area contributed by atoms with Crippen LogP contribution < -0.4 is 4.74 Å². The highest BCUT2D eigenvalue weighted by Gasteiger charge is 2.41. The molecule has 7 nitrogen and oxygen atoms in total. The van der Waals surface area contributed by atoms with E-state index in [4.69, 9.17) is 0 Å². The number of hydrogen-bond acceptors (Lipinski definition) is 5. The number of halogens is 3. The Morgan fingerprint density at radius 1 is 1.06 bits per heavy atom. The number of carbonyl (C=O) groups is 1. The van der Waals surface area contributed by atoms with Crippen LogP contribution in [-0.2, 0) is 34.2 Å². The SMILES string of the molecule is C[C@@H]1CN(Cc2ccc(OC(F)(F)F)cc2)C[C@H](C)N1S(=O)(=O)c1cccc2c1C[C@@H](C(=O)O)C2. The van der Waals surface area contributed by atoms with Crippen molar-refractivity contribution in [1.82, 2.24) is 9.21 Å². The molecule has 1 N–H and O–H groups in total. The molecule has 190 valence electrons. The molecule has 0 saturated carbocycles. The fraction of sp³-hybridized carbons (Fsp3) is 0.458. The van der Waals surface area contributed by atoms with Gasteiger partial charge in [-0.1, -0.05) is 24.3 Å². The molecular formula is C24H27F3N2O5S. The highest BCUT2D eigenvalue weighted by molar-refractivity contribution is 7.89. The predicted octanol–water partition coefficient (Wildman–Crippen LogP) is 3.67. The van der Waals surface area contributed by atoms with E-state index in [1.807, 2.05) is 13.8 Å². The first-order valence-electron chi connectivity index (χ1n) is 11.3. The van der Waals surface area contributed by atoms with Crippen LogP contribution in [0.25, 0.3) is 0 Å². The van der Waals surface area contributed by atoms with E-state index in [9.17, 15) is 31.5 Å². The molecule has 0 bridgehead atoms. The van der Waals surface area contributed by atoms with Gasteiger partial charge in [0.15, 0.2) is 0 Å². The fourth-order valence-electron chi connectivity index (χ4n) is 5.22. The first kappa shape index (κ1) is 25.5. The van der Waals surface area contributed by atoms with Gasteiger partial charge in [0.2, 0.25) is 10.0 Å². The number of piperazine rings is 1. The van der Waals surface area contributed by atoms with Crippen LogP contribution in [-0.4, -0.2) is 60.2 Å². The zero-order valence-corrected chi connectivity index (χ0v) is 20.1. The summed E-state index contributed by atoms with van der Waals surface area (Å²) in [6.45, 7) is 4.98. The number of alkyl halides is 3. The number of aliphatic carboxylic acids is 1. The van der Waals surface area contributed by atoms with E-state index in [-0.39, 0.29) is 29.1 Å². The largest absolute Gasteiger partial charge is 0.573 e. The molecule has 2 aliphatic rings. The second-order valence-electron chi connectivity index (χ2n) is 9.26. The van der Waals surface area contributed by atoms with Crippen molar-refractivity contribution < 1.29 is 36.2 Å². The Morgan fingerprint density at radius 2 is 1.69 bits per heavy atom. The summed E-state index contributed by atoms with van der Waals surface area (Å²) in [5.41, 5.74) is 2.13. The molecule has 0 radical (unpaired) electrons. The molecule has 1 heterocycles. The van der Waals surface area contributed by atoms with Crippen LogP contribution in [0.4, 0.5) is 13.2 Å². The van der Waals surface area contributed by atoms with Gasteiger partial charge in [0.25, 0.3) is 0 Å². The highest BCUT2D eigenvalue weighted by Crippen LogP contribution is 2.35. The van der Waals surface area contributed by atoms with Gasteiger partial charge in [0, 0.05) is 31.7 Å². The van der Waals surface area contributed by atoms with Crippen molar-refractivity contribution in [3.8, 4) is 5.75 Å². The van der Waals surface area contributed by atoms with Crippen molar-refractivity contribution in [2.45, 2.75) is 56.6 Å². The summed E-state index contributed by atoms with van der Waals surface area (Å²) >= 11 is 0. The molecule has 4 rings (SSSR count). The third-order valence-corrected chi connectivity index (χ3v) is 8.74. The molecule has 1 fully saturated rings. The minimum Gasteiger partial charge on any atom is -0.481 e. The summed E-state index contributed by atoms with van der Waals surface area (Å²) in [5.74, 6) is -1.85. The summed E-state index contributed by atoms with van der Waals surface area (Å²) in [6.07, 6.45) is -4.24. The standard InChI is InChI=1S/C24H27F3N2O5S/c1-15-12-28(14-17-6-8-20(9-7-17)34-24(25,26)27)13-16(2)29(15)35(32,33)22-5-3-4-18-10-19(23(30)31)11-21(18)22/h3-9,15-16,19H,10-14H2,1-2H3,(H,30,31)/t15-,16+,19-/m0/s1. The molecular weight excluding hydrogens is 485 g/mol. The smallest absolute Gasteiger partial charge is 0.481 e. The molecule has 0 aromatic heterocycles. The number of hydrogen-bond donors (Lipinski definition) is 1. The molecule has 0 amide bonds. The van der Waals surface area contributed by atoms with E-state index in [0.29, 0.717) is 31.6 Å². The number of ether oxygens (including phenoxy) is 1. The number of benzene rings is 2. The van der Waals surface area contributed by atoms with Crippen molar-refractivity contribution in [3.05, 3.63) is 59.2 Å². The Bertz CT molecular complexity index is 1190. The van der Waals surface area contributed by atoms with Gasteiger partial charge in [-0.05, 0) is 61.6 Å². The maximum atomic E-state index is 13.7. The summed E-state index contributed by atoms with van der Waals surface area (Å²) in [6, 6.07) is 9.92. The zero-order chi connectivity index (χ0) is 25.5. The minimum atomic E-state index is -4.75. The number of rotatable bonds is 6. The summed E-state index contributed by atoms with van der Waals surface area (Å²) in [7, 11) is -3.86. The maximum absolute atomic E-state index is 13.7. The lowest BCUT2D eigenvalue weighted by Crippen LogP contribution is -2.58. The molecule has 35 heavy (non-hydrogen) atoms. The van der Waals surface area contributed by atoms with Gasteiger partial charge < -0.3 is 9.84 Å². The van der Waals surface area contributed by atoms with Gasteiger partial charge in [-0.2, -0.15) is 4.31 Å². The monoisotopic (exact) mass is 512 g/mol. The topological polar surface area (TPSA) is 87.2 Å². The quantitative estimate of drug-likeness (QED) is 0.636. The number of nitrogens with zero attached hydrogens (tertiary/aromatic N) is 2. The van der Waals surface area contributed by atoms with Gasteiger partial charge in [0.05, 0.1) is 10.8 Å². The average Bonchev–Trinajstić information content (AvgIpc) is 3.18. The molecule has 3 atom stereocenters. The lowest BCUT2D eigenvalue weighted by Gasteiger charge is -2.43. The van der Waals surface area contributed by atoms with Crippen LogP contribution in [0.1, 0.15) is 30.5 Å². The maximum Gasteiger partial charge on any atom is 0.573 e. The van der Waals surface area contributed by atoms with Crippen LogP contribution in [0.5, 0.6) is 5.75 Å². The molecule has 0 unspecified atom stereocenters. The lowest BCUT2D eigenvalue weighted by molar-refractivity contribution is -0.274. The number of carboxylic acid groups (broad SMARTS) is 1. The van der Waals surface area contributed by atoms with Crippen molar-refractivity contribution in [2.75, 3.05) is 13.1 Å². The molecule has 1 saturated heterocycles. The van der Waals surface area contributed by atoms with E-state index >= 15 is 0 Å². The molecule has 2 aromatic rings. The Balaban J connectivity index is 1.48. The van der Waals surface area contributed by atoms with Crippen molar-refractivity contribution in [2.24, 2.45) is 5.92 Å². The molecule has 2 aromatic carbocycles. The van der Waals surface area contributed by atoms with Crippen LogP contribution in [0.15, 0.2) is 47.4 Å². The van der Waals surface area contributed by atoms with E-state index in [1.54, 1.807) is 30.3 Å². The van der Waals surface area contributed by atoms with Gasteiger partial charge in [-0.25, -0.2) is 8.42 Å². The number of carboxylic acids is 1. The normalized spacial score (nSPS) is 23.7. The number of sulfonamides is 1. The van der Waals surface area contributed by atoms with Crippen molar-refractivity contribution >= 4 is 16.0 Å². The van der Waals surface area contributed by atoms with Gasteiger partial charge >= 0.3 is 12.3 Å². The first-order valence-corrected chi connectivity index (χ1v) is 12.7. The van der Waals surface area contributed by atoms with Crippen molar-refractivity contribution in [1.29, 1.82) is 0 Å². The molecule has 0 spiro atoms. The Kier molecular flexibility index (Phi) is 6.87. The van der Waals surface area contributed by atoms with Crippen LogP contribution >= 0.6 is 0 Å². The predicted molar refractivity (Wildman–Crippen MR) is 121 cm³/mol. The average molecular weight is 513 g/mol. The summed E-state index contributed by atoms with van der Waals surface area (Å²) in [4.78, 5) is 13.7. The van der Waals surface area contributed by atoms with E-state index < -0.39 is 28.3 Å². The zero-order valence-electron chi connectivity index (χ0n) is 19.3. The van der Waals surface area contributed by atoms with Crippen LogP contribution in [0.2, 0.25) is 0 Å². The van der Waals surface area contributed by atoms with Gasteiger partial charge in [0.1, 0.15) is 5.75 Å². The highest BCUT2D eigenvalue weighted by atomic mass is 32.2. The van der Waals surface area contributed by atoms with Gasteiger partial charge in [-0.15, -0.1) is 13.2 Å². The molecule has 1 aliphatic heterocycles. The number of fused-ring (bicyclic) bond motifs is 1. The van der Waals surface area contributed by atoms with E-state index in [0.717, 1.165) is 11.1 Å². The third-order valence-electron chi connectivity index (χ3n) is 6.53. The van der Waals surface area contributed by atoms with Crippen LogP contribution in [0.3, 0.4) is 0 Å². The second kappa shape index (κ2) is 9.44. The molecule has 1 aliphatic carbocycles. The van der Waals surface area contributed by atoms with E-state index in [2.05, 4.69) is 9.64 Å². The van der Waals surface area contributed by atoms with Crippen LogP contribution in [0, 0.1) is 5.92 Å². The Morgan fingerprint density at radius 3 is 2.26 bits per heavy atom. The second-order valence-corrected chi connectivity index (χ2v) is 11.1. The minimum absolute atomic E-state index is 0.172. The summed E-state index contributed by atoms with van der Waals surface area (Å²) < 4.78 is 70.0. The fourth-order valence-corrected chi connectivity index (χ4v) is 7.31. The van der Waals surface area contributed by atoms with E-state index in [1.165, 1.54) is 16.4 Å². The van der Waals surface area contributed by atoms with Gasteiger partial charge in [-0.3, -0.25) is 9.69 Å². The lowest BCUT2D eigenvalue weighted by atomic mass is 10.1. The third kappa shape index (κ3) is 5.46. The summed E-state index contributed by atoms with van der Waals surface area (Å²) in [5, 5.41) is 9.40. The Labute approximate surface area is 202 Å².